The van der Waals surface area contributed by atoms with Crippen molar-refractivity contribution in [3.63, 3.8) is 0 Å². The van der Waals surface area contributed by atoms with Gasteiger partial charge in [0.1, 0.15) is 5.82 Å². The van der Waals surface area contributed by atoms with Crippen LogP contribution in [0.2, 0.25) is 0 Å². The first-order valence-corrected chi connectivity index (χ1v) is 4.89. The van der Waals surface area contributed by atoms with E-state index in [-0.39, 0.29) is 17.8 Å². The molecule has 1 aliphatic rings. The number of anilines is 1. The van der Waals surface area contributed by atoms with Crippen molar-refractivity contribution < 1.29 is 9.50 Å². The first-order chi connectivity index (χ1) is 6.68. The number of hydrogen-bond donors (Lipinski definition) is 2. The van der Waals surface area contributed by atoms with Gasteiger partial charge in [0.25, 0.3) is 0 Å². The number of benzene rings is 1. The monoisotopic (exact) mass is 195 g/mol. The molecule has 14 heavy (non-hydrogen) atoms. The summed E-state index contributed by atoms with van der Waals surface area (Å²) in [4.78, 5) is 0. The largest absolute Gasteiger partial charge is 0.393 e. The lowest BCUT2D eigenvalue weighted by Crippen LogP contribution is -2.11. The number of aliphatic hydroxyl groups excluding tert-OH is 1. The molecule has 1 heterocycles. The number of hydrogen-bond acceptors (Lipinski definition) is 2. The van der Waals surface area contributed by atoms with E-state index in [1.54, 1.807) is 13.0 Å². The zero-order valence-corrected chi connectivity index (χ0v) is 8.13. The zero-order valence-electron chi connectivity index (χ0n) is 8.13. The van der Waals surface area contributed by atoms with Crippen LogP contribution in [0.25, 0.3) is 0 Å². The lowest BCUT2D eigenvalue weighted by atomic mass is 9.95. The molecule has 0 amide bonds. The molecule has 0 radical (unpaired) electrons. The van der Waals surface area contributed by atoms with Crippen molar-refractivity contribution in [2.24, 2.45) is 0 Å². The highest BCUT2D eigenvalue weighted by Crippen LogP contribution is 2.35. The van der Waals surface area contributed by atoms with Crippen LogP contribution in [0.4, 0.5) is 10.1 Å². The number of nitrogens with one attached hydrogen (secondary N) is 1. The number of aliphatic hydroxyl groups is 1. The average molecular weight is 195 g/mol. The third-order valence-electron chi connectivity index (χ3n) is 2.63. The SMILES string of the molecule is CC(O)CC1CNc2cccc(F)c21. The topological polar surface area (TPSA) is 32.3 Å². The Labute approximate surface area is 82.8 Å². The maximum absolute atomic E-state index is 13.5. The van der Waals surface area contributed by atoms with Crippen molar-refractivity contribution in [3.8, 4) is 0 Å². The van der Waals surface area contributed by atoms with Crippen LogP contribution in [0, 0.1) is 5.82 Å². The Morgan fingerprint density at radius 2 is 2.43 bits per heavy atom. The Hall–Kier alpha value is -1.09. The van der Waals surface area contributed by atoms with Gasteiger partial charge >= 0.3 is 0 Å². The zero-order chi connectivity index (χ0) is 10.1. The van der Waals surface area contributed by atoms with Gasteiger partial charge in [-0.2, -0.15) is 0 Å². The molecular formula is C11H14FNO. The minimum absolute atomic E-state index is 0.103. The summed E-state index contributed by atoms with van der Waals surface area (Å²) in [6.07, 6.45) is 0.230. The Morgan fingerprint density at radius 3 is 3.14 bits per heavy atom. The molecule has 0 aromatic heterocycles. The van der Waals surface area contributed by atoms with Gasteiger partial charge < -0.3 is 10.4 Å². The Morgan fingerprint density at radius 1 is 1.64 bits per heavy atom. The molecule has 0 bridgehead atoms. The summed E-state index contributed by atoms with van der Waals surface area (Å²) in [5.41, 5.74) is 1.60. The first kappa shape index (κ1) is 9.46. The molecule has 1 aromatic rings. The summed E-state index contributed by atoms with van der Waals surface area (Å²) >= 11 is 0. The minimum Gasteiger partial charge on any atom is -0.393 e. The van der Waals surface area contributed by atoms with Crippen LogP contribution in [0.5, 0.6) is 0 Å². The highest BCUT2D eigenvalue weighted by Gasteiger charge is 2.26. The standard InChI is InChI=1S/C11H14FNO/c1-7(14)5-8-6-13-10-4-2-3-9(12)11(8)10/h2-4,7-8,13-14H,5-6H2,1H3. The molecule has 0 aliphatic carbocycles. The van der Waals surface area contributed by atoms with E-state index in [0.29, 0.717) is 6.42 Å². The second kappa shape index (κ2) is 3.58. The van der Waals surface area contributed by atoms with Crippen LogP contribution in [-0.4, -0.2) is 17.8 Å². The molecule has 2 nitrogen and oxygen atoms in total. The maximum atomic E-state index is 13.5. The van der Waals surface area contributed by atoms with Gasteiger partial charge in [0.2, 0.25) is 0 Å². The van der Waals surface area contributed by atoms with Crippen molar-refractivity contribution in [2.75, 3.05) is 11.9 Å². The molecule has 2 atom stereocenters. The van der Waals surface area contributed by atoms with Crippen molar-refractivity contribution in [2.45, 2.75) is 25.4 Å². The molecule has 0 saturated carbocycles. The Kier molecular flexibility index (Phi) is 2.42. The van der Waals surface area contributed by atoms with Crippen molar-refractivity contribution in [1.29, 1.82) is 0 Å². The number of halogens is 1. The lowest BCUT2D eigenvalue weighted by Gasteiger charge is -2.12. The van der Waals surface area contributed by atoms with Crippen molar-refractivity contribution in [1.82, 2.24) is 0 Å². The van der Waals surface area contributed by atoms with Crippen LogP contribution in [0.3, 0.4) is 0 Å². The fourth-order valence-electron chi connectivity index (χ4n) is 2.05. The molecule has 0 saturated heterocycles. The van der Waals surface area contributed by atoms with Gasteiger partial charge in [-0.25, -0.2) is 4.39 Å². The molecular weight excluding hydrogens is 181 g/mol. The minimum atomic E-state index is -0.382. The lowest BCUT2D eigenvalue weighted by molar-refractivity contribution is 0.176. The highest BCUT2D eigenvalue weighted by atomic mass is 19.1. The summed E-state index contributed by atoms with van der Waals surface area (Å²) in [6.45, 7) is 2.46. The van der Waals surface area contributed by atoms with E-state index in [1.807, 2.05) is 6.07 Å². The van der Waals surface area contributed by atoms with Gasteiger partial charge in [-0.1, -0.05) is 6.07 Å². The van der Waals surface area contributed by atoms with E-state index in [9.17, 15) is 9.50 Å². The average Bonchev–Trinajstić information content (AvgIpc) is 2.49. The summed E-state index contributed by atoms with van der Waals surface area (Å²) in [5.74, 6) is -0.0654. The molecule has 0 fully saturated rings. The molecule has 1 aliphatic heterocycles. The van der Waals surface area contributed by atoms with Crippen LogP contribution >= 0.6 is 0 Å². The van der Waals surface area contributed by atoms with Crippen molar-refractivity contribution in [3.05, 3.63) is 29.6 Å². The smallest absolute Gasteiger partial charge is 0.128 e. The van der Waals surface area contributed by atoms with Gasteiger partial charge in [0.15, 0.2) is 0 Å². The second-order valence-electron chi connectivity index (χ2n) is 3.86. The normalized spacial score (nSPS) is 21.5. The molecule has 76 valence electrons. The molecule has 0 spiro atoms. The Bertz CT molecular complexity index is 338. The molecule has 3 heteroatoms. The molecule has 2 unspecified atom stereocenters. The van der Waals surface area contributed by atoms with Gasteiger partial charge in [-0.05, 0) is 25.5 Å². The van der Waals surface area contributed by atoms with Crippen molar-refractivity contribution >= 4 is 5.69 Å². The van der Waals surface area contributed by atoms with Crippen LogP contribution in [0.15, 0.2) is 18.2 Å². The fourth-order valence-corrected chi connectivity index (χ4v) is 2.05. The second-order valence-corrected chi connectivity index (χ2v) is 3.86. The number of fused-ring (bicyclic) bond motifs is 1. The van der Waals surface area contributed by atoms with Crippen LogP contribution < -0.4 is 5.32 Å². The molecule has 1 aromatic carbocycles. The van der Waals surface area contributed by atoms with Gasteiger partial charge in [0, 0.05) is 23.7 Å². The molecule has 2 N–H and O–H groups in total. The van der Waals surface area contributed by atoms with E-state index in [2.05, 4.69) is 5.32 Å². The quantitative estimate of drug-likeness (QED) is 0.757. The maximum Gasteiger partial charge on any atom is 0.128 e. The van der Waals surface area contributed by atoms with Crippen LogP contribution in [0.1, 0.15) is 24.8 Å². The third kappa shape index (κ3) is 1.60. The summed E-state index contributed by atoms with van der Waals surface area (Å²) < 4.78 is 13.5. The summed E-state index contributed by atoms with van der Waals surface area (Å²) in [7, 11) is 0. The van der Waals surface area contributed by atoms with E-state index < -0.39 is 0 Å². The Balaban J connectivity index is 2.29. The van der Waals surface area contributed by atoms with Gasteiger partial charge in [-0.15, -0.1) is 0 Å². The van der Waals surface area contributed by atoms with Gasteiger partial charge in [0.05, 0.1) is 6.10 Å². The van der Waals surface area contributed by atoms with E-state index in [0.717, 1.165) is 17.8 Å². The van der Waals surface area contributed by atoms with Crippen LogP contribution in [-0.2, 0) is 0 Å². The third-order valence-corrected chi connectivity index (χ3v) is 2.63. The predicted octanol–water partition coefficient (Wildman–Crippen LogP) is 2.11. The van der Waals surface area contributed by atoms with E-state index in [4.69, 9.17) is 0 Å². The highest BCUT2D eigenvalue weighted by molar-refractivity contribution is 5.58. The summed E-state index contributed by atoms with van der Waals surface area (Å²) in [6, 6.07) is 5.05. The molecule has 2 rings (SSSR count). The fraction of sp³-hybridized carbons (Fsp3) is 0.455. The number of rotatable bonds is 2. The van der Waals surface area contributed by atoms with Gasteiger partial charge in [-0.3, -0.25) is 0 Å². The van der Waals surface area contributed by atoms with E-state index in [1.165, 1.54) is 6.07 Å². The van der Waals surface area contributed by atoms with E-state index >= 15 is 0 Å². The first-order valence-electron chi connectivity index (χ1n) is 4.89. The predicted molar refractivity (Wildman–Crippen MR) is 53.9 cm³/mol. The summed E-state index contributed by atoms with van der Waals surface area (Å²) in [5, 5.41) is 12.4.